The highest BCUT2D eigenvalue weighted by molar-refractivity contribution is 8.00. The Morgan fingerprint density at radius 2 is 1.81 bits per heavy atom. The molecule has 3 aliphatic heterocycles. The molecule has 0 spiro atoms. The van der Waals surface area contributed by atoms with Gasteiger partial charge in [0, 0.05) is 50.0 Å². The molecule has 2 radical (unpaired) electrons. The Morgan fingerprint density at radius 3 is 2.47 bits per heavy atom. The van der Waals surface area contributed by atoms with Crippen LogP contribution in [0.15, 0.2) is 41.1 Å². The summed E-state index contributed by atoms with van der Waals surface area (Å²) >= 11 is 2.17. The summed E-state index contributed by atoms with van der Waals surface area (Å²) in [6.45, 7) is 15.4. The average molecular weight is 870 g/mol. The van der Waals surface area contributed by atoms with E-state index in [2.05, 4.69) is 29.7 Å². The van der Waals surface area contributed by atoms with Crippen molar-refractivity contribution < 1.29 is 47.4 Å². The highest BCUT2D eigenvalue weighted by atomic mass is 32.2. The molecule has 2 fully saturated rings. The van der Waals surface area contributed by atoms with Gasteiger partial charge in [-0.25, -0.2) is 19.0 Å². The van der Waals surface area contributed by atoms with Gasteiger partial charge in [0.1, 0.15) is 47.0 Å². The minimum absolute atomic E-state index is 0.0533. The molecule has 2 N–H and O–H groups in total. The van der Waals surface area contributed by atoms with Crippen molar-refractivity contribution in [1.82, 2.24) is 34.0 Å². The topological polar surface area (TPSA) is 213 Å². The van der Waals surface area contributed by atoms with Gasteiger partial charge in [-0.1, -0.05) is 5.16 Å². The Bertz CT molecular complexity index is 2180. The number of carbonyl (C=O) groups is 5. The van der Waals surface area contributed by atoms with Gasteiger partial charge < -0.3 is 33.6 Å². The zero-order chi connectivity index (χ0) is 42.8. The number of piperidine rings is 1. The minimum atomic E-state index is -1.62. The van der Waals surface area contributed by atoms with Crippen molar-refractivity contribution >= 4 is 90.9 Å². The summed E-state index contributed by atoms with van der Waals surface area (Å²) in [5, 5.41) is 8.47. The summed E-state index contributed by atoms with van der Waals surface area (Å²) in [7, 11) is 4.31. The molecule has 19 nitrogen and oxygen atoms in total. The number of carbonyl (C=O) groups excluding carboxylic acids is 5. The third kappa shape index (κ3) is 10.3. The number of oxime groups is 1. The van der Waals surface area contributed by atoms with Gasteiger partial charge in [-0.2, -0.15) is 9.36 Å². The fourth-order valence-corrected chi connectivity index (χ4v) is 8.82. The van der Waals surface area contributed by atoms with Crippen molar-refractivity contribution in [1.29, 1.82) is 0 Å². The molecule has 3 atom stereocenters. The average Bonchev–Trinajstić information content (AvgIpc) is 3.80. The Balaban J connectivity index is 1.19. The molecule has 314 valence electrons. The predicted octanol–water partition coefficient (Wildman–Crippen LogP) is 3.84. The normalized spacial score (nSPS) is 19.5. The number of hydrogen-bond donors (Lipinski definition) is 2. The molecular weight excluding hydrogens is 822 g/mol. The Kier molecular flexibility index (Phi) is 13.2. The molecule has 59 heavy (non-hydrogen) atoms. The van der Waals surface area contributed by atoms with E-state index in [4.69, 9.17) is 31.4 Å². The molecule has 3 unspecified atom stereocenters. The number of rotatable bonds is 11. The van der Waals surface area contributed by atoms with E-state index < -0.39 is 54.5 Å². The number of anilines is 1. The van der Waals surface area contributed by atoms with E-state index in [9.17, 15) is 24.0 Å². The number of nitrogens with zero attached hydrogens (tertiary/aromatic N) is 8. The monoisotopic (exact) mass is 869 g/mol. The van der Waals surface area contributed by atoms with Gasteiger partial charge in [0.05, 0.1) is 6.20 Å². The van der Waals surface area contributed by atoms with E-state index in [0.717, 1.165) is 29.9 Å². The molecule has 3 aromatic heterocycles. The van der Waals surface area contributed by atoms with E-state index in [-0.39, 0.29) is 47.7 Å². The lowest BCUT2D eigenvalue weighted by Crippen LogP contribution is -2.71. The van der Waals surface area contributed by atoms with Crippen LogP contribution >= 0.6 is 31.3 Å². The predicted molar refractivity (Wildman–Crippen MR) is 221 cm³/mol. The van der Waals surface area contributed by atoms with Gasteiger partial charge in [0.15, 0.2) is 7.57 Å². The summed E-state index contributed by atoms with van der Waals surface area (Å²) in [5.41, 5.74) is 0.577. The number of β-lactam (4-membered cyclic amide) rings is 1. The van der Waals surface area contributed by atoms with Crippen LogP contribution < -0.4 is 15.2 Å². The number of thioether (sulfide) groups is 1. The SMILES string of the molecule is [B]P(C)OC(=O)C1=C(C[n+]2cccc3c2ncn3C2CCN(C(=O)OC(C)(C)C)CC2)CSC2C(NC(=O)/C(=N/OCC)c3nsc(NC(=O)OC(C)(C)C)n3)C(=O)N12. The third-order valence-corrected chi connectivity index (χ3v) is 11.4. The lowest BCUT2D eigenvalue weighted by Gasteiger charge is -2.49. The highest BCUT2D eigenvalue weighted by Gasteiger charge is 2.55. The molecule has 3 aliphatic rings. The van der Waals surface area contributed by atoms with Crippen LogP contribution in [0.25, 0.3) is 11.2 Å². The van der Waals surface area contributed by atoms with E-state index in [1.807, 2.05) is 43.7 Å². The smallest absolute Gasteiger partial charge is 0.414 e. The molecule has 4 amide bonds. The van der Waals surface area contributed by atoms with Crippen molar-refractivity contribution in [3.05, 3.63) is 41.8 Å². The number of ether oxygens (including phenoxy) is 2. The number of aromatic nitrogens is 5. The van der Waals surface area contributed by atoms with E-state index in [0.29, 0.717) is 30.1 Å². The molecule has 0 bridgehead atoms. The van der Waals surface area contributed by atoms with Crippen LogP contribution in [0, 0.1) is 0 Å². The van der Waals surface area contributed by atoms with Gasteiger partial charge >= 0.3 is 23.8 Å². The molecule has 2 saturated heterocycles. The van der Waals surface area contributed by atoms with Crippen LogP contribution in [0.3, 0.4) is 0 Å². The minimum Gasteiger partial charge on any atom is -0.452 e. The summed E-state index contributed by atoms with van der Waals surface area (Å²) in [4.78, 5) is 83.3. The lowest BCUT2D eigenvalue weighted by atomic mass is 10.0. The molecule has 6 rings (SSSR count). The van der Waals surface area contributed by atoms with Crippen LogP contribution in [0.2, 0.25) is 0 Å². The molecule has 0 saturated carbocycles. The Labute approximate surface area is 352 Å². The first kappa shape index (κ1) is 43.8. The maximum atomic E-state index is 13.9. The zero-order valence-corrected chi connectivity index (χ0v) is 36.6. The maximum Gasteiger partial charge on any atom is 0.414 e. The number of hydrogen-bond acceptors (Lipinski definition) is 15. The number of pyridine rings is 1. The van der Waals surface area contributed by atoms with E-state index in [1.54, 1.807) is 45.6 Å². The van der Waals surface area contributed by atoms with Crippen LogP contribution in [0.1, 0.15) is 73.2 Å². The molecule has 0 aliphatic carbocycles. The van der Waals surface area contributed by atoms with Crippen molar-refractivity contribution in [3.8, 4) is 0 Å². The number of imidazole rings is 1. The van der Waals surface area contributed by atoms with E-state index in [1.165, 1.54) is 16.7 Å². The van der Waals surface area contributed by atoms with Gasteiger partial charge in [-0.15, -0.1) is 11.8 Å². The third-order valence-electron chi connectivity index (χ3n) is 8.97. The summed E-state index contributed by atoms with van der Waals surface area (Å²) < 4.78 is 24.5. The molecule has 0 aromatic carbocycles. The second-order valence-electron chi connectivity index (χ2n) is 15.8. The number of fused-ring (bicyclic) bond motifs is 2. The van der Waals surface area contributed by atoms with Crippen molar-refractivity contribution in [2.75, 3.05) is 37.4 Å². The van der Waals surface area contributed by atoms with Gasteiger partial charge in [0.2, 0.25) is 23.0 Å². The van der Waals surface area contributed by atoms with Crippen LogP contribution in [0.4, 0.5) is 14.7 Å². The van der Waals surface area contributed by atoms with Gasteiger partial charge in [-0.05, 0) is 85.1 Å². The number of likely N-dealkylation sites (tertiary alicyclic amines) is 1. The van der Waals surface area contributed by atoms with Crippen LogP contribution in [0.5, 0.6) is 0 Å². The van der Waals surface area contributed by atoms with Gasteiger partial charge in [0.25, 0.3) is 11.8 Å². The number of amides is 4. The fourth-order valence-electron chi connectivity index (χ4n) is 6.58. The van der Waals surface area contributed by atoms with Crippen molar-refractivity contribution in [2.45, 2.75) is 96.5 Å². The fraction of sp³-hybridized carbons (Fsp3) is 0.556. The van der Waals surface area contributed by atoms with Crippen molar-refractivity contribution in [3.63, 3.8) is 0 Å². The van der Waals surface area contributed by atoms with Crippen LogP contribution in [-0.4, -0.2) is 127 Å². The second-order valence-corrected chi connectivity index (χ2v) is 19.0. The summed E-state index contributed by atoms with van der Waals surface area (Å²) in [5.74, 6) is -1.91. The van der Waals surface area contributed by atoms with Crippen molar-refractivity contribution in [2.24, 2.45) is 5.16 Å². The molecule has 23 heteroatoms. The maximum absolute atomic E-state index is 13.9. The summed E-state index contributed by atoms with van der Waals surface area (Å²) in [6, 6.07) is 2.93. The largest absolute Gasteiger partial charge is 0.452 e. The standard InChI is InChI=1S/C36H46BN10O9PS2/c1-9-53-42-23(26-40-32(59-43-26)41-33(51)54-35(2,3)4)28(48)39-24-29(49)47-25(31(50)56-57(8)37)20(18-58-30(24)47)17-45-14-10-11-22-27(45)38-19-46(22)21-12-15-44(16-13-21)34(52)55-36(5,6)7/h10-11,14,19,21,24,30H,9,12-13,15-18H2,1-8H3,(H-,39,40,41,43,48,51)/p+1/b42-23+. The molecular formula is C36H47BN10O9PS2+. The first-order valence-corrected chi connectivity index (χ1v) is 22.5. The zero-order valence-electron chi connectivity index (χ0n) is 34.1. The van der Waals surface area contributed by atoms with E-state index >= 15 is 0 Å². The Morgan fingerprint density at radius 1 is 1.10 bits per heavy atom. The molecule has 3 aromatic rings. The Hall–Kier alpha value is -4.82. The molecule has 6 heterocycles. The highest BCUT2D eigenvalue weighted by Crippen LogP contribution is 2.42. The summed E-state index contributed by atoms with van der Waals surface area (Å²) in [6.07, 6.45) is 4.01. The first-order chi connectivity index (χ1) is 27.8. The van der Waals surface area contributed by atoms with Crippen LogP contribution in [-0.2, 0) is 39.8 Å². The first-order valence-electron chi connectivity index (χ1n) is 18.9. The quantitative estimate of drug-likeness (QED) is 0.0701. The lowest BCUT2D eigenvalue weighted by molar-refractivity contribution is -0.664. The number of nitrogens with one attached hydrogen (secondary N) is 2. The second kappa shape index (κ2) is 17.8. The van der Waals surface area contributed by atoms with Gasteiger partial charge in [-0.3, -0.25) is 19.8 Å².